The second kappa shape index (κ2) is 7.44. The Morgan fingerprint density at radius 2 is 2.03 bits per heavy atom. The Labute approximate surface area is 173 Å². The number of amides is 1. The Morgan fingerprint density at radius 1 is 1.20 bits per heavy atom. The van der Waals surface area contributed by atoms with Gasteiger partial charge in [-0.15, -0.1) is 0 Å². The van der Waals surface area contributed by atoms with Crippen LogP contribution >= 0.6 is 0 Å². The first-order valence-corrected chi connectivity index (χ1v) is 10.3. The molecule has 3 aromatic rings. The van der Waals surface area contributed by atoms with Crippen LogP contribution in [0, 0.1) is 0 Å². The first-order valence-electron chi connectivity index (χ1n) is 10.3. The van der Waals surface area contributed by atoms with E-state index in [1.54, 1.807) is 13.2 Å². The summed E-state index contributed by atoms with van der Waals surface area (Å²) in [5.41, 5.74) is 3.92. The zero-order chi connectivity index (χ0) is 20.7. The van der Waals surface area contributed by atoms with E-state index in [2.05, 4.69) is 5.32 Å². The van der Waals surface area contributed by atoms with Crippen LogP contribution < -0.4 is 5.32 Å². The summed E-state index contributed by atoms with van der Waals surface area (Å²) in [5, 5.41) is 3.63. The van der Waals surface area contributed by atoms with E-state index in [0.717, 1.165) is 52.8 Å². The molecule has 2 aliphatic rings. The molecule has 2 aliphatic carbocycles. The van der Waals surface area contributed by atoms with Crippen LogP contribution in [0.4, 0.5) is 0 Å². The standard InChI is InChI=1S/C24H22N2O4/c1-14(23(27)25-16-9-10-16)30-24(28)21-18-6-2-3-7-20(18)26-22-15(8-11-19(21)22)13-17-5-4-12-29-17/h2-7,12-14,16H,8-11H2,1H3,(H,25,27)/b15-13+/t14-/m1/s1. The molecular weight excluding hydrogens is 380 g/mol. The molecule has 5 rings (SSSR count). The molecule has 1 saturated carbocycles. The minimum absolute atomic E-state index is 0.221. The summed E-state index contributed by atoms with van der Waals surface area (Å²) in [7, 11) is 0. The average Bonchev–Trinajstić information content (AvgIpc) is 3.25. The Morgan fingerprint density at radius 3 is 2.80 bits per heavy atom. The highest BCUT2D eigenvalue weighted by molar-refractivity contribution is 6.07. The van der Waals surface area contributed by atoms with Crippen molar-refractivity contribution in [3.8, 4) is 0 Å². The van der Waals surface area contributed by atoms with Crippen LogP contribution in [0.5, 0.6) is 0 Å². The van der Waals surface area contributed by atoms with Gasteiger partial charge in [0.15, 0.2) is 6.10 Å². The van der Waals surface area contributed by atoms with Crippen LogP contribution in [0.15, 0.2) is 47.1 Å². The Hall–Kier alpha value is -3.41. The summed E-state index contributed by atoms with van der Waals surface area (Å²) < 4.78 is 11.0. The lowest BCUT2D eigenvalue weighted by atomic mass is 10.0. The molecule has 30 heavy (non-hydrogen) atoms. The van der Waals surface area contributed by atoms with Crippen molar-refractivity contribution in [3.05, 3.63) is 65.2 Å². The van der Waals surface area contributed by atoms with E-state index < -0.39 is 12.1 Å². The highest BCUT2D eigenvalue weighted by Crippen LogP contribution is 2.38. The summed E-state index contributed by atoms with van der Waals surface area (Å²) in [6, 6.07) is 11.5. The topological polar surface area (TPSA) is 81.4 Å². The lowest BCUT2D eigenvalue weighted by molar-refractivity contribution is -0.129. The molecule has 6 nitrogen and oxygen atoms in total. The smallest absolute Gasteiger partial charge is 0.339 e. The first-order chi connectivity index (χ1) is 14.6. The van der Waals surface area contributed by atoms with Crippen molar-refractivity contribution in [1.82, 2.24) is 10.3 Å². The molecule has 1 fully saturated rings. The molecule has 0 saturated heterocycles. The molecule has 152 valence electrons. The van der Waals surface area contributed by atoms with E-state index in [1.807, 2.05) is 42.5 Å². The van der Waals surface area contributed by atoms with Crippen LogP contribution in [-0.2, 0) is 16.0 Å². The number of allylic oxidation sites excluding steroid dienone is 1. The highest BCUT2D eigenvalue weighted by atomic mass is 16.5. The van der Waals surface area contributed by atoms with Crippen LogP contribution in [0.1, 0.15) is 53.6 Å². The number of pyridine rings is 1. The molecule has 0 unspecified atom stereocenters. The van der Waals surface area contributed by atoms with Crippen molar-refractivity contribution in [3.63, 3.8) is 0 Å². The average molecular weight is 402 g/mol. The third-order valence-corrected chi connectivity index (χ3v) is 5.58. The quantitative estimate of drug-likeness (QED) is 0.649. The molecule has 0 bridgehead atoms. The maximum atomic E-state index is 13.2. The molecule has 0 aliphatic heterocycles. The summed E-state index contributed by atoms with van der Waals surface area (Å²) in [5.74, 6) is 0.0177. The number of hydrogen-bond acceptors (Lipinski definition) is 5. The lowest BCUT2D eigenvalue weighted by Crippen LogP contribution is -2.37. The van der Waals surface area contributed by atoms with Gasteiger partial charge in [0.1, 0.15) is 5.76 Å². The molecular formula is C24H22N2O4. The van der Waals surface area contributed by atoms with Crippen molar-refractivity contribution < 1.29 is 18.7 Å². The molecule has 0 radical (unpaired) electrons. The summed E-state index contributed by atoms with van der Waals surface area (Å²) in [4.78, 5) is 30.3. The third kappa shape index (κ3) is 3.49. The van der Waals surface area contributed by atoms with Crippen molar-refractivity contribution in [2.45, 2.75) is 44.8 Å². The molecule has 6 heteroatoms. The fourth-order valence-electron chi connectivity index (χ4n) is 3.88. The lowest BCUT2D eigenvalue weighted by Gasteiger charge is -2.16. The summed E-state index contributed by atoms with van der Waals surface area (Å²) in [6.45, 7) is 1.61. The Bertz CT molecular complexity index is 1160. The maximum Gasteiger partial charge on any atom is 0.339 e. The normalized spacial score (nSPS) is 17.7. The molecule has 1 aromatic carbocycles. The van der Waals surface area contributed by atoms with Gasteiger partial charge in [0.2, 0.25) is 0 Å². The number of hydrogen-bond donors (Lipinski definition) is 1. The van der Waals surface area contributed by atoms with E-state index in [-0.39, 0.29) is 11.9 Å². The predicted octanol–water partition coefficient (Wildman–Crippen LogP) is 4.14. The molecule has 1 atom stereocenters. The number of rotatable bonds is 5. The number of fused-ring (bicyclic) bond motifs is 2. The number of carbonyl (C=O) groups is 2. The molecule has 1 amide bonds. The largest absolute Gasteiger partial charge is 0.465 e. The molecule has 1 N–H and O–H groups in total. The zero-order valence-corrected chi connectivity index (χ0v) is 16.7. The van der Waals surface area contributed by atoms with E-state index in [0.29, 0.717) is 12.0 Å². The van der Waals surface area contributed by atoms with Gasteiger partial charge in [-0.3, -0.25) is 4.79 Å². The fraction of sp³-hybridized carbons (Fsp3) is 0.292. The van der Waals surface area contributed by atoms with E-state index in [4.69, 9.17) is 14.1 Å². The Balaban J connectivity index is 1.53. The van der Waals surface area contributed by atoms with E-state index in [9.17, 15) is 9.59 Å². The van der Waals surface area contributed by atoms with Gasteiger partial charge in [-0.2, -0.15) is 0 Å². The second-order valence-electron chi connectivity index (χ2n) is 7.85. The van der Waals surface area contributed by atoms with Gasteiger partial charge in [-0.25, -0.2) is 9.78 Å². The molecule has 2 aromatic heterocycles. The number of furan rings is 1. The van der Waals surface area contributed by atoms with Crippen molar-refractivity contribution in [2.24, 2.45) is 0 Å². The molecule has 0 spiro atoms. The van der Waals surface area contributed by atoms with E-state index >= 15 is 0 Å². The number of aromatic nitrogens is 1. The number of nitrogens with zero attached hydrogens (tertiary/aromatic N) is 1. The zero-order valence-electron chi connectivity index (χ0n) is 16.7. The number of benzene rings is 1. The van der Waals surface area contributed by atoms with Gasteiger partial charge in [0.25, 0.3) is 5.91 Å². The van der Waals surface area contributed by atoms with Crippen molar-refractivity contribution in [1.29, 1.82) is 0 Å². The number of nitrogens with one attached hydrogen (secondary N) is 1. The minimum atomic E-state index is -0.847. The molecule has 2 heterocycles. The van der Waals surface area contributed by atoms with Gasteiger partial charge >= 0.3 is 5.97 Å². The van der Waals surface area contributed by atoms with E-state index in [1.165, 1.54) is 0 Å². The van der Waals surface area contributed by atoms with Crippen LogP contribution in [0.25, 0.3) is 22.6 Å². The third-order valence-electron chi connectivity index (χ3n) is 5.58. The summed E-state index contributed by atoms with van der Waals surface area (Å²) in [6.07, 6.45) is 6.17. The van der Waals surface area contributed by atoms with Gasteiger partial charge in [-0.1, -0.05) is 18.2 Å². The Kier molecular flexibility index (Phi) is 4.62. The second-order valence-corrected chi connectivity index (χ2v) is 7.85. The predicted molar refractivity (Wildman–Crippen MR) is 113 cm³/mol. The van der Waals surface area contributed by atoms with Gasteiger partial charge < -0.3 is 14.5 Å². The van der Waals surface area contributed by atoms with Crippen LogP contribution in [0.2, 0.25) is 0 Å². The minimum Gasteiger partial charge on any atom is -0.465 e. The van der Waals surface area contributed by atoms with Crippen LogP contribution in [-0.4, -0.2) is 29.0 Å². The number of ether oxygens (including phenoxy) is 1. The van der Waals surface area contributed by atoms with Crippen molar-refractivity contribution in [2.75, 3.05) is 0 Å². The van der Waals surface area contributed by atoms with Gasteiger partial charge in [0.05, 0.1) is 23.0 Å². The first kappa shape index (κ1) is 18.6. The highest BCUT2D eigenvalue weighted by Gasteiger charge is 2.31. The van der Waals surface area contributed by atoms with Gasteiger partial charge in [-0.05, 0) is 68.0 Å². The number of para-hydroxylation sites is 1. The number of carbonyl (C=O) groups excluding carboxylic acids is 2. The monoisotopic (exact) mass is 402 g/mol. The van der Waals surface area contributed by atoms with Crippen LogP contribution in [0.3, 0.4) is 0 Å². The summed E-state index contributed by atoms with van der Waals surface area (Å²) >= 11 is 0. The SMILES string of the molecule is C[C@@H](OC(=O)c1c2c(nc3ccccc13)/C(=C/c1ccco1)CC2)C(=O)NC1CC1. The maximum absolute atomic E-state index is 13.2. The number of esters is 1. The fourth-order valence-corrected chi connectivity index (χ4v) is 3.88. The van der Waals surface area contributed by atoms with Crippen molar-refractivity contribution >= 4 is 34.4 Å². The van der Waals surface area contributed by atoms with Gasteiger partial charge in [0, 0.05) is 11.4 Å².